The molecule has 0 aromatic rings. The molecule has 0 aromatic heterocycles. The Morgan fingerprint density at radius 2 is 2.31 bits per heavy atom. The molecule has 0 fully saturated rings. The van der Waals surface area contributed by atoms with Gasteiger partial charge < -0.3 is 10.6 Å². The van der Waals surface area contributed by atoms with Crippen molar-refractivity contribution in [1.82, 2.24) is 4.90 Å². The maximum Gasteiger partial charge on any atom is 0.223 e. The smallest absolute Gasteiger partial charge is 0.223 e. The number of amides is 1. The molecule has 74 valence electrons. The molecule has 0 saturated heterocycles. The van der Waals surface area contributed by atoms with E-state index in [0.717, 1.165) is 0 Å². The molecular formula is C9H17N3O. The van der Waals surface area contributed by atoms with Crippen molar-refractivity contribution in [3.63, 3.8) is 0 Å². The zero-order valence-corrected chi connectivity index (χ0v) is 8.29. The zero-order chi connectivity index (χ0) is 10.3. The summed E-state index contributed by atoms with van der Waals surface area (Å²) in [7, 11) is 0. The number of nitrogens with zero attached hydrogens (tertiary/aromatic N) is 2. The molecule has 2 N–H and O–H groups in total. The van der Waals surface area contributed by atoms with Crippen molar-refractivity contribution in [2.75, 3.05) is 19.6 Å². The molecule has 0 spiro atoms. The predicted octanol–water partition coefficient (Wildman–Crippen LogP) is 0.343. The lowest BCUT2D eigenvalue weighted by Crippen LogP contribution is -2.35. The Kier molecular flexibility index (Phi) is 5.90. The molecule has 0 aliphatic rings. The van der Waals surface area contributed by atoms with Gasteiger partial charge in [0.15, 0.2) is 0 Å². The second-order valence-electron chi connectivity index (χ2n) is 3.00. The second kappa shape index (κ2) is 6.44. The first kappa shape index (κ1) is 11.9. The monoisotopic (exact) mass is 183 g/mol. The number of nitriles is 1. The van der Waals surface area contributed by atoms with Crippen LogP contribution in [-0.4, -0.2) is 30.4 Å². The fourth-order valence-electron chi connectivity index (χ4n) is 1.06. The molecule has 0 heterocycles. The van der Waals surface area contributed by atoms with Crippen molar-refractivity contribution >= 4 is 5.91 Å². The Bertz CT molecular complexity index is 198. The molecule has 4 heteroatoms. The lowest BCUT2D eigenvalue weighted by Gasteiger charge is -2.21. The van der Waals surface area contributed by atoms with Gasteiger partial charge in [-0.15, -0.1) is 0 Å². The summed E-state index contributed by atoms with van der Waals surface area (Å²) in [5.74, 6) is -0.0752. The molecule has 13 heavy (non-hydrogen) atoms. The molecule has 1 amide bonds. The SMILES string of the molecule is CCN(CC(C)C#N)C(=O)CCN. The molecular weight excluding hydrogens is 166 g/mol. The Hall–Kier alpha value is -1.08. The summed E-state index contributed by atoms with van der Waals surface area (Å²) in [6.45, 7) is 5.23. The standard InChI is InChI=1S/C9H17N3O/c1-3-12(7-8(2)6-11)9(13)4-5-10/h8H,3-5,7,10H2,1-2H3. The summed E-state index contributed by atoms with van der Waals surface area (Å²) in [5, 5.41) is 8.58. The van der Waals surface area contributed by atoms with Crippen LogP contribution in [0.3, 0.4) is 0 Å². The van der Waals surface area contributed by atoms with E-state index < -0.39 is 0 Å². The minimum atomic E-state index is -0.110. The average Bonchev–Trinajstić information content (AvgIpc) is 2.14. The predicted molar refractivity (Wildman–Crippen MR) is 50.7 cm³/mol. The van der Waals surface area contributed by atoms with Gasteiger partial charge >= 0.3 is 0 Å². The van der Waals surface area contributed by atoms with E-state index in [9.17, 15) is 4.79 Å². The fourth-order valence-corrected chi connectivity index (χ4v) is 1.06. The molecule has 4 nitrogen and oxygen atoms in total. The normalized spacial score (nSPS) is 11.8. The van der Waals surface area contributed by atoms with Gasteiger partial charge in [0, 0.05) is 26.1 Å². The second-order valence-corrected chi connectivity index (χ2v) is 3.00. The van der Waals surface area contributed by atoms with Crippen LogP contribution >= 0.6 is 0 Å². The topological polar surface area (TPSA) is 70.1 Å². The van der Waals surface area contributed by atoms with Gasteiger partial charge in [-0.3, -0.25) is 4.79 Å². The number of carbonyl (C=O) groups is 1. The number of nitrogens with two attached hydrogens (primary N) is 1. The van der Waals surface area contributed by atoms with E-state index in [0.29, 0.717) is 26.1 Å². The van der Waals surface area contributed by atoms with Crippen LogP contribution in [0.25, 0.3) is 0 Å². The van der Waals surface area contributed by atoms with Gasteiger partial charge in [0.05, 0.1) is 12.0 Å². The maximum atomic E-state index is 11.4. The highest BCUT2D eigenvalue weighted by molar-refractivity contribution is 5.76. The molecule has 0 bridgehead atoms. The van der Waals surface area contributed by atoms with E-state index in [2.05, 4.69) is 6.07 Å². The number of hydrogen-bond acceptors (Lipinski definition) is 3. The maximum absolute atomic E-state index is 11.4. The van der Waals surface area contributed by atoms with Crippen LogP contribution in [0, 0.1) is 17.2 Å². The van der Waals surface area contributed by atoms with Gasteiger partial charge in [0.25, 0.3) is 0 Å². The third-order valence-corrected chi connectivity index (χ3v) is 1.81. The Morgan fingerprint density at radius 1 is 1.69 bits per heavy atom. The number of rotatable bonds is 5. The molecule has 0 aliphatic carbocycles. The van der Waals surface area contributed by atoms with Crippen LogP contribution in [0.15, 0.2) is 0 Å². The third kappa shape index (κ3) is 4.48. The highest BCUT2D eigenvalue weighted by atomic mass is 16.2. The molecule has 0 saturated carbocycles. The third-order valence-electron chi connectivity index (χ3n) is 1.81. The van der Waals surface area contributed by atoms with Crippen LogP contribution in [0.5, 0.6) is 0 Å². The molecule has 0 radical (unpaired) electrons. The number of hydrogen-bond donors (Lipinski definition) is 1. The quantitative estimate of drug-likeness (QED) is 0.668. The lowest BCUT2D eigenvalue weighted by atomic mass is 10.2. The minimum Gasteiger partial charge on any atom is -0.342 e. The summed E-state index contributed by atoms with van der Waals surface area (Å²) in [5.41, 5.74) is 5.27. The van der Waals surface area contributed by atoms with Gasteiger partial charge in [-0.1, -0.05) is 0 Å². The average molecular weight is 183 g/mol. The fraction of sp³-hybridized carbons (Fsp3) is 0.778. The molecule has 0 aromatic carbocycles. The summed E-state index contributed by atoms with van der Waals surface area (Å²) in [6.07, 6.45) is 0.367. The highest BCUT2D eigenvalue weighted by Gasteiger charge is 2.13. The summed E-state index contributed by atoms with van der Waals surface area (Å²) in [4.78, 5) is 13.0. The van der Waals surface area contributed by atoms with Crippen molar-refractivity contribution < 1.29 is 4.79 Å². The summed E-state index contributed by atoms with van der Waals surface area (Å²) in [6, 6.07) is 2.10. The van der Waals surface area contributed by atoms with Crippen LogP contribution < -0.4 is 5.73 Å². The summed E-state index contributed by atoms with van der Waals surface area (Å²) < 4.78 is 0. The largest absolute Gasteiger partial charge is 0.342 e. The van der Waals surface area contributed by atoms with Crippen LogP contribution in [-0.2, 0) is 4.79 Å². The summed E-state index contributed by atoms with van der Waals surface area (Å²) >= 11 is 0. The van der Waals surface area contributed by atoms with Crippen LogP contribution in [0.2, 0.25) is 0 Å². The van der Waals surface area contributed by atoms with E-state index in [1.807, 2.05) is 6.92 Å². The van der Waals surface area contributed by atoms with Crippen molar-refractivity contribution in [3.05, 3.63) is 0 Å². The van der Waals surface area contributed by atoms with Gasteiger partial charge in [0.2, 0.25) is 5.91 Å². The zero-order valence-electron chi connectivity index (χ0n) is 8.29. The van der Waals surface area contributed by atoms with Crippen LogP contribution in [0.1, 0.15) is 20.3 Å². The Labute approximate surface area is 79.3 Å². The lowest BCUT2D eigenvalue weighted by molar-refractivity contribution is -0.131. The molecule has 0 aliphatic heterocycles. The van der Waals surface area contributed by atoms with E-state index in [1.165, 1.54) is 0 Å². The minimum absolute atomic E-state index is 0.0344. The van der Waals surface area contributed by atoms with Gasteiger partial charge in [0.1, 0.15) is 0 Å². The van der Waals surface area contributed by atoms with Crippen molar-refractivity contribution in [3.8, 4) is 6.07 Å². The number of carbonyl (C=O) groups excluding carboxylic acids is 1. The van der Waals surface area contributed by atoms with E-state index >= 15 is 0 Å². The Morgan fingerprint density at radius 3 is 2.69 bits per heavy atom. The molecule has 1 unspecified atom stereocenters. The van der Waals surface area contributed by atoms with E-state index in [1.54, 1.807) is 11.8 Å². The molecule has 1 atom stereocenters. The first-order valence-corrected chi connectivity index (χ1v) is 4.53. The van der Waals surface area contributed by atoms with E-state index in [4.69, 9.17) is 11.0 Å². The van der Waals surface area contributed by atoms with E-state index in [-0.39, 0.29) is 11.8 Å². The molecule has 0 rings (SSSR count). The van der Waals surface area contributed by atoms with Gasteiger partial charge in [-0.2, -0.15) is 5.26 Å². The van der Waals surface area contributed by atoms with Crippen molar-refractivity contribution in [1.29, 1.82) is 5.26 Å². The van der Waals surface area contributed by atoms with Crippen molar-refractivity contribution in [2.24, 2.45) is 11.7 Å². The van der Waals surface area contributed by atoms with Gasteiger partial charge in [-0.25, -0.2) is 0 Å². The highest BCUT2D eigenvalue weighted by Crippen LogP contribution is 2.00. The van der Waals surface area contributed by atoms with Gasteiger partial charge in [-0.05, 0) is 13.8 Å². The van der Waals surface area contributed by atoms with Crippen molar-refractivity contribution in [2.45, 2.75) is 20.3 Å². The van der Waals surface area contributed by atoms with Crippen LogP contribution in [0.4, 0.5) is 0 Å². The first-order valence-electron chi connectivity index (χ1n) is 4.53. The first-order chi connectivity index (χ1) is 6.15. The Balaban J connectivity index is 4.03.